The van der Waals surface area contributed by atoms with E-state index in [-0.39, 0.29) is 0 Å². The number of benzene rings is 1. The molecule has 0 atom stereocenters. The summed E-state index contributed by atoms with van der Waals surface area (Å²) in [5.74, 6) is 0. The van der Waals surface area contributed by atoms with Crippen molar-refractivity contribution in [3.8, 4) is 11.3 Å². The topological polar surface area (TPSA) is 29.6 Å². The van der Waals surface area contributed by atoms with Crippen LogP contribution in [0.3, 0.4) is 0 Å². The summed E-state index contributed by atoms with van der Waals surface area (Å²) in [6.45, 7) is 6.49. The molecule has 1 aliphatic carbocycles. The van der Waals surface area contributed by atoms with Gasteiger partial charge in [0.2, 0.25) is 4.80 Å². The van der Waals surface area contributed by atoms with E-state index in [1.54, 1.807) is 11.3 Å². The number of aryl methyl sites for hydroxylation is 1. The normalized spacial score (nSPS) is 15.7. The summed E-state index contributed by atoms with van der Waals surface area (Å²) >= 11 is 1.65. The minimum atomic E-state index is 0.624. The molecule has 4 heteroatoms. The van der Waals surface area contributed by atoms with Gasteiger partial charge in [-0.15, -0.1) is 17.9 Å². The Hall–Kier alpha value is -1.94. The fourth-order valence-corrected chi connectivity index (χ4v) is 3.61. The first kappa shape index (κ1) is 15.9. The third kappa shape index (κ3) is 3.88. The SMILES string of the molecule is C=CCN=c1scc(-c2ccc(C)cc2)n1N=C1CCCCC1. The Balaban J connectivity index is 2.07. The lowest BCUT2D eigenvalue weighted by Crippen LogP contribution is -2.16. The van der Waals surface area contributed by atoms with Gasteiger partial charge in [-0.25, -0.2) is 4.68 Å². The minimum absolute atomic E-state index is 0.624. The van der Waals surface area contributed by atoms with Crippen LogP contribution in [0.4, 0.5) is 0 Å². The minimum Gasteiger partial charge on any atom is -0.253 e. The van der Waals surface area contributed by atoms with Crippen LogP contribution in [0.2, 0.25) is 0 Å². The molecule has 1 aromatic carbocycles. The fraction of sp³-hybridized carbons (Fsp3) is 0.368. The maximum atomic E-state index is 4.95. The van der Waals surface area contributed by atoms with Crippen LogP contribution in [0, 0.1) is 6.92 Å². The van der Waals surface area contributed by atoms with Gasteiger partial charge in [-0.2, -0.15) is 5.10 Å². The molecule has 1 heterocycles. The Morgan fingerprint density at radius 2 is 1.91 bits per heavy atom. The Morgan fingerprint density at radius 1 is 1.17 bits per heavy atom. The quantitative estimate of drug-likeness (QED) is 0.724. The van der Waals surface area contributed by atoms with Crippen molar-refractivity contribution >= 4 is 17.0 Å². The van der Waals surface area contributed by atoms with E-state index < -0.39 is 0 Å². The van der Waals surface area contributed by atoms with Crippen molar-refractivity contribution < 1.29 is 0 Å². The lowest BCUT2D eigenvalue weighted by molar-refractivity contribution is 0.655. The van der Waals surface area contributed by atoms with Gasteiger partial charge in [0.15, 0.2) is 0 Å². The molecule has 3 nitrogen and oxygen atoms in total. The molecular formula is C19H23N3S. The molecule has 1 aromatic heterocycles. The summed E-state index contributed by atoms with van der Waals surface area (Å²) in [7, 11) is 0. The van der Waals surface area contributed by atoms with Crippen molar-refractivity contribution in [3.63, 3.8) is 0 Å². The molecule has 1 aliphatic rings. The van der Waals surface area contributed by atoms with Crippen LogP contribution in [0.1, 0.15) is 37.7 Å². The molecule has 0 radical (unpaired) electrons. The summed E-state index contributed by atoms with van der Waals surface area (Å²) < 4.78 is 2.03. The zero-order valence-corrected chi connectivity index (χ0v) is 14.5. The van der Waals surface area contributed by atoms with Crippen LogP contribution in [0.5, 0.6) is 0 Å². The van der Waals surface area contributed by atoms with Crippen LogP contribution >= 0.6 is 11.3 Å². The second-order valence-corrected chi connectivity index (χ2v) is 6.77. The third-order valence-electron chi connectivity index (χ3n) is 4.06. The Kier molecular flexibility index (Phi) is 5.23. The molecule has 0 aliphatic heterocycles. The van der Waals surface area contributed by atoms with E-state index >= 15 is 0 Å². The van der Waals surface area contributed by atoms with Gasteiger partial charge < -0.3 is 0 Å². The molecule has 2 aromatic rings. The van der Waals surface area contributed by atoms with E-state index in [1.165, 1.54) is 36.1 Å². The van der Waals surface area contributed by atoms with Gasteiger partial charge in [-0.05, 0) is 32.6 Å². The third-order valence-corrected chi connectivity index (χ3v) is 4.91. The lowest BCUT2D eigenvalue weighted by Gasteiger charge is -2.13. The number of hydrogen-bond donors (Lipinski definition) is 0. The largest absolute Gasteiger partial charge is 0.253 e. The van der Waals surface area contributed by atoms with Crippen molar-refractivity contribution in [2.24, 2.45) is 10.1 Å². The van der Waals surface area contributed by atoms with E-state index in [4.69, 9.17) is 5.10 Å². The summed E-state index contributed by atoms with van der Waals surface area (Å²) in [4.78, 5) is 5.55. The first-order valence-electron chi connectivity index (χ1n) is 8.23. The van der Waals surface area contributed by atoms with Gasteiger partial charge in [-0.1, -0.05) is 42.3 Å². The van der Waals surface area contributed by atoms with Crippen molar-refractivity contribution in [2.75, 3.05) is 6.54 Å². The summed E-state index contributed by atoms with van der Waals surface area (Å²) in [6.07, 6.45) is 7.87. The monoisotopic (exact) mass is 325 g/mol. The van der Waals surface area contributed by atoms with Crippen LogP contribution in [0.25, 0.3) is 11.3 Å². The standard InChI is InChI=1S/C19H23N3S/c1-3-13-20-19-22(21-17-7-5-4-6-8-17)18(14-23-19)16-11-9-15(2)10-12-16/h3,9-12,14H,1,4-8,13H2,2H3. The number of thiazole rings is 1. The Bertz CT molecular complexity index is 755. The van der Waals surface area contributed by atoms with Crippen LogP contribution in [-0.2, 0) is 0 Å². The number of rotatable bonds is 4. The summed E-state index contributed by atoms with van der Waals surface area (Å²) in [6, 6.07) is 8.61. The highest BCUT2D eigenvalue weighted by Crippen LogP contribution is 2.22. The molecule has 0 amide bonds. The number of hydrogen-bond acceptors (Lipinski definition) is 3. The molecule has 1 fully saturated rings. The second kappa shape index (κ2) is 7.55. The number of nitrogens with zero attached hydrogens (tertiary/aromatic N) is 3. The van der Waals surface area contributed by atoms with Gasteiger partial charge in [0.05, 0.1) is 12.2 Å². The van der Waals surface area contributed by atoms with Crippen LogP contribution < -0.4 is 4.80 Å². The van der Waals surface area contributed by atoms with E-state index in [2.05, 4.69) is 48.1 Å². The average Bonchev–Trinajstić information content (AvgIpc) is 2.97. The predicted molar refractivity (Wildman–Crippen MR) is 99.0 cm³/mol. The van der Waals surface area contributed by atoms with Crippen molar-refractivity contribution in [1.29, 1.82) is 0 Å². The molecular weight excluding hydrogens is 302 g/mol. The van der Waals surface area contributed by atoms with Crippen LogP contribution in [-0.4, -0.2) is 16.9 Å². The first-order valence-corrected chi connectivity index (χ1v) is 9.11. The zero-order valence-electron chi connectivity index (χ0n) is 13.7. The molecule has 0 bridgehead atoms. The Morgan fingerprint density at radius 3 is 2.61 bits per heavy atom. The molecule has 0 spiro atoms. The summed E-state index contributed by atoms with van der Waals surface area (Å²) in [5.41, 5.74) is 4.87. The molecule has 3 rings (SSSR count). The predicted octanol–water partition coefficient (Wildman–Crippen LogP) is 4.78. The molecule has 1 saturated carbocycles. The first-order chi connectivity index (χ1) is 11.3. The van der Waals surface area contributed by atoms with E-state index in [0.717, 1.165) is 23.3 Å². The van der Waals surface area contributed by atoms with Gasteiger partial charge in [0.25, 0.3) is 0 Å². The second-order valence-electron chi connectivity index (χ2n) is 5.94. The van der Waals surface area contributed by atoms with Crippen molar-refractivity contribution in [1.82, 2.24) is 4.68 Å². The highest BCUT2D eigenvalue weighted by Gasteiger charge is 2.11. The van der Waals surface area contributed by atoms with Gasteiger partial charge in [0, 0.05) is 16.7 Å². The Labute approximate surface area is 141 Å². The van der Waals surface area contributed by atoms with Crippen molar-refractivity contribution in [3.05, 3.63) is 52.7 Å². The summed E-state index contributed by atoms with van der Waals surface area (Å²) in [5, 5.41) is 7.10. The molecule has 0 unspecified atom stereocenters. The maximum absolute atomic E-state index is 4.95. The van der Waals surface area contributed by atoms with Crippen molar-refractivity contribution in [2.45, 2.75) is 39.0 Å². The lowest BCUT2D eigenvalue weighted by atomic mass is 9.99. The fourth-order valence-electron chi connectivity index (χ4n) is 2.77. The van der Waals surface area contributed by atoms with Crippen LogP contribution in [0.15, 0.2) is 52.4 Å². The van der Waals surface area contributed by atoms with Gasteiger partial charge in [-0.3, -0.25) is 4.99 Å². The molecule has 120 valence electrons. The average molecular weight is 325 g/mol. The van der Waals surface area contributed by atoms with Gasteiger partial charge >= 0.3 is 0 Å². The highest BCUT2D eigenvalue weighted by atomic mass is 32.1. The molecule has 23 heavy (non-hydrogen) atoms. The maximum Gasteiger partial charge on any atom is 0.206 e. The zero-order chi connectivity index (χ0) is 16.1. The molecule has 0 N–H and O–H groups in total. The van der Waals surface area contributed by atoms with Gasteiger partial charge in [0.1, 0.15) is 0 Å². The number of aromatic nitrogens is 1. The van der Waals surface area contributed by atoms with E-state index in [0.29, 0.717) is 6.54 Å². The molecule has 0 saturated heterocycles. The van der Waals surface area contributed by atoms with E-state index in [1.807, 2.05) is 10.8 Å². The highest BCUT2D eigenvalue weighted by molar-refractivity contribution is 7.07. The smallest absolute Gasteiger partial charge is 0.206 e. The van der Waals surface area contributed by atoms with E-state index in [9.17, 15) is 0 Å².